The number of carboxylic acid groups (broad SMARTS) is 1. The third-order valence-electron chi connectivity index (χ3n) is 2.64. The van der Waals surface area contributed by atoms with Gasteiger partial charge < -0.3 is 10.0 Å². The van der Waals surface area contributed by atoms with Crippen molar-refractivity contribution in [2.24, 2.45) is 0 Å². The number of aliphatic carboxylic acids is 1. The number of carboxylic acids is 1. The molecule has 0 aromatic carbocycles. The summed E-state index contributed by atoms with van der Waals surface area (Å²) in [6, 6.07) is 0.213. The van der Waals surface area contributed by atoms with Gasteiger partial charge >= 0.3 is 5.97 Å². The summed E-state index contributed by atoms with van der Waals surface area (Å²) in [6.07, 6.45) is 4.75. The van der Waals surface area contributed by atoms with Crippen LogP contribution in [0.3, 0.4) is 0 Å². The molecule has 1 aromatic rings. The van der Waals surface area contributed by atoms with Gasteiger partial charge in [0.25, 0.3) is 0 Å². The maximum atomic E-state index is 11.9. The smallest absolute Gasteiger partial charge is 0.305 e. The summed E-state index contributed by atoms with van der Waals surface area (Å²) in [5.74, 6) is -0.983. The highest BCUT2D eigenvalue weighted by molar-refractivity contribution is 5.77. The van der Waals surface area contributed by atoms with Crippen LogP contribution in [-0.4, -0.2) is 49.2 Å². The molecule has 0 bridgehead atoms. The zero-order valence-corrected chi connectivity index (χ0v) is 9.32. The largest absolute Gasteiger partial charge is 0.481 e. The summed E-state index contributed by atoms with van der Waals surface area (Å²) in [7, 11) is 0. The molecule has 1 saturated carbocycles. The minimum absolute atomic E-state index is 0.0143. The van der Waals surface area contributed by atoms with Crippen LogP contribution in [0.1, 0.15) is 19.3 Å². The lowest BCUT2D eigenvalue weighted by Gasteiger charge is -2.21. The highest BCUT2D eigenvalue weighted by Gasteiger charge is 2.32. The molecule has 7 nitrogen and oxygen atoms in total. The first-order valence-corrected chi connectivity index (χ1v) is 5.50. The second-order valence-electron chi connectivity index (χ2n) is 4.06. The number of hydrogen-bond acceptors (Lipinski definition) is 4. The quantitative estimate of drug-likeness (QED) is 0.737. The lowest BCUT2D eigenvalue weighted by atomic mass is 10.3. The molecule has 1 aliphatic carbocycles. The topological polar surface area (TPSA) is 88.3 Å². The molecule has 1 amide bonds. The molecule has 7 heteroatoms. The van der Waals surface area contributed by atoms with Crippen LogP contribution in [-0.2, 0) is 16.1 Å². The summed E-state index contributed by atoms with van der Waals surface area (Å²) in [4.78, 5) is 27.9. The highest BCUT2D eigenvalue weighted by Crippen LogP contribution is 2.27. The van der Waals surface area contributed by atoms with Gasteiger partial charge in [-0.2, -0.15) is 5.10 Å². The van der Waals surface area contributed by atoms with E-state index < -0.39 is 5.97 Å². The van der Waals surface area contributed by atoms with Crippen molar-refractivity contribution in [1.29, 1.82) is 0 Å². The Morgan fingerprint density at radius 1 is 1.47 bits per heavy atom. The third-order valence-corrected chi connectivity index (χ3v) is 2.64. The number of amides is 1. The maximum absolute atomic E-state index is 11.9. The van der Waals surface area contributed by atoms with Gasteiger partial charge in [-0.05, 0) is 12.8 Å². The number of rotatable bonds is 6. The first-order chi connectivity index (χ1) is 8.16. The molecule has 1 fully saturated rings. The van der Waals surface area contributed by atoms with Crippen molar-refractivity contribution in [3.8, 4) is 0 Å². The van der Waals surface area contributed by atoms with Crippen molar-refractivity contribution in [3.63, 3.8) is 0 Å². The predicted molar refractivity (Wildman–Crippen MR) is 57.0 cm³/mol. The van der Waals surface area contributed by atoms with Gasteiger partial charge in [-0.1, -0.05) is 0 Å². The highest BCUT2D eigenvalue weighted by atomic mass is 16.4. The predicted octanol–water partition coefficient (Wildman–Crippen LogP) is -0.256. The fourth-order valence-electron chi connectivity index (χ4n) is 1.66. The molecular weight excluding hydrogens is 224 g/mol. The number of aromatic nitrogens is 3. The zero-order chi connectivity index (χ0) is 12.3. The first-order valence-electron chi connectivity index (χ1n) is 5.50. The standard InChI is InChI=1S/C10H14N4O3/c15-9(5-13-7-11-6-12-13)14(8-1-2-8)4-3-10(16)17/h6-8H,1-5H2,(H,16,17). The van der Waals surface area contributed by atoms with Crippen LogP contribution in [0.25, 0.3) is 0 Å². The third kappa shape index (κ3) is 3.27. The van der Waals surface area contributed by atoms with E-state index in [9.17, 15) is 9.59 Å². The van der Waals surface area contributed by atoms with Crippen molar-refractivity contribution in [2.75, 3.05) is 6.54 Å². The van der Waals surface area contributed by atoms with Crippen molar-refractivity contribution in [1.82, 2.24) is 19.7 Å². The van der Waals surface area contributed by atoms with E-state index in [0.717, 1.165) is 12.8 Å². The summed E-state index contributed by atoms with van der Waals surface area (Å²) in [5.41, 5.74) is 0. The van der Waals surface area contributed by atoms with E-state index in [1.807, 2.05) is 0 Å². The SMILES string of the molecule is O=C(O)CCN(C(=O)Cn1cncn1)C1CC1. The minimum Gasteiger partial charge on any atom is -0.481 e. The average Bonchev–Trinajstić information content (AvgIpc) is 2.97. The second-order valence-corrected chi connectivity index (χ2v) is 4.06. The Kier molecular flexibility index (Phi) is 3.36. The molecule has 0 aliphatic heterocycles. The summed E-state index contributed by atoms with van der Waals surface area (Å²) >= 11 is 0. The van der Waals surface area contributed by atoms with E-state index in [1.165, 1.54) is 17.3 Å². The summed E-state index contributed by atoms with van der Waals surface area (Å²) < 4.78 is 1.44. The van der Waals surface area contributed by atoms with Gasteiger partial charge in [-0.25, -0.2) is 9.67 Å². The van der Waals surface area contributed by atoms with Gasteiger partial charge in [-0.3, -0.25) is 9.59 Å². The Morgan fingerprint density at radius 2 is 2.24 bits per heavy atom. The van der Waals surface area contributed by atoms with Crippen molar-refractivity contribution in [2.45, 2.75) is 31.8 Å². The molecule has 1 aliphatic rings. The molecule has 1 aromatic heterocycles. The zero-order valence-electron chi connectivity index (χ0n) is 9.32. The molecule has 0 saturated heterocycles. The van der Waals surface area contributed by atoms with E-state index in [-0.39, 0.29) is 31.5 Å². The summed E-state index contributed by atoms with van der Waals surface area (Å²) in [5, 5.41) is 12.5. The van der Waals surface area contributed by atoms with E-state index in [0.29, 0.717) is 0 Å². The van der Waals surface area contributed by atoms with Crippen LogP contribution in [0.15, 0.2) is 12.7 Å². The van der Waals surface area contributed by atoms with Crippen LogP contribution < -0.4 is 0 Å². The normalized spacial score (nSPS) is 14.6. The number of nitrogens with zero attached hydrogens (tertiary/aromatic N) is 4. The molecule has 0 atom stereocenters. The van der Waals surface area contributed by atoms with E-state index in [2.05, 4.69) is 10.1 Å². The average molecular weight is 238 g/mol. The molecule has 2 rings (SSSR count). The Hall–Kier alpha value is -1.92. The van der Waals surface area contributed by atoms with Crippen LogP contribution in [0.4, 0.5) is 0 Å². The molecule has 1 heterocycles. The van der Waals surface area contributed by atoms with Crippen molar-refractivity contribution in [3.05, 3.63) is 12.7 Å². The van der Waals surface area contributed by atoms with Crippen molar-refractivity contribution >= 4 is 11.9 Å². The fourth-order valence-corrected chi connectivity index (χ4v) is 1.66. The van der Waals surface area contributed by atoms with E-state index >= 15 is 0 Å². The lowest BCUT2D eigenvalue weighted by molar-refractivity contribution is -0.138. The van der Waals surface area contributed by atoms with Gasteiger partial charge in [0, 0.05) is 12.6 Å². The molecule has 0 unspecified atom stereocenters. The van der Waals surface area contributed by atoms with Crippen molar-refractivity contribution < 1.29 is 14.7 Å². The Morgan fingerprint density at radius 3 is 2.76 bits per heavy atom. The molecule has 92 valence electrons. The van der Waals surface area contributed by atoms with Gasteiger partial charge in [0.2, 0.25) is 5.91 Å². The maximum Gasteiger partial charge on any atom is 0.305 e. The molecule has 1 N–H and O–H groups in total. The fraction of sp³-hybridized carbons (Fsp3) is 0.600. The molecule has 0 radical (unpaired) electrons. The number of carbonyl (C=O) groups excluding carboxylic acids is 1. The van der Waals surface area contributed by atoms with Gasteiger partial charge in [-0.15, -0.1) is 0 Å². The molecule has 17 heavy (non-hydrogen) atoms. The number of hydrogen-bond donors (Lipinski definition) is 1. The van der Waals surface area contributed by atoms with Gasteiger partial charge in [0.1, 0.15) is 19.2 Å². The first kappa shape index (κ1) is 11.6. The Labute approximate surface area is 98.0 Å². The second kappa shape index (κ2) is 4.94. The molecular formula is C10H14N4O3. The monoisotopic (exact) mass is 238 g/mol. The Balaban J connectivity index is 1.91. The van der Waals surface area contributed by atoms with Gasteiger partial charge in [0.05, 0.1) is 6.42 Å². The lowest BCUT2D eigenvalue weighted by Crippen LogP contribution is -2.37. The van der Waals surface area contributed by atoms with E-state index in [1.54, 1.807) is 4.90 Å². The van der Waals surface area contributed by atoms with Gasteiger partial charge in [0.15, 0.2) is 0 Å². The van der Waals surface area contributed by atoms with Crippen LogP contribution in [0.2, 0.25) is 0 Å². The molecule has 0 spiro atoms. The van der Waals surface area contributed by atoms with E-state index in [4.69, 9.17) is 5.11 Å². The Bertz CT molecular complexity index is 400. The van der Waals surface area contributed by atoms with Crippen LogP contribution in [0, 0.1) is 0 Å². The number of carbonyl (C=O) groups is 2. The van der Waals surface area contributed by atoms with Crippen LogP contribution >= 0.6 is 0 Å². The van der Waals surface area contributed by atoms with Crippen LogP contribution in [0.5, 0.6) is 0 Å². The minimum atomic E-state index is -0.885. The summed E-state index contributed by atoms with van der Waals surface area (Å²) in [6.45, 7) is 0.393.